The van der Waals surface area contributed by atoms with Crippen molar-refractivity contribution in [1.29, 1.82) is 0 Å². The predicted molar refractivity (Wildman–Crippen MR) is 57.5 cm³/mol. The Labute approximate surface area is 86.6 Å². The third kappa shape index (κ3) is 1.85. The van der Waals surface area contributed by atoms with Crippen LogP contribution in [-0.4, -0.2) is 15.1 Å². The largest absolute Gasteiger partial charge is 0.389 e. The maximum absolute atomic E-state index is 11.0. The standard InChI is InChI=1S/C11H12N2O2/c1-7(14)8-4-2-3-5-9(8)10-6-12-11(15)13-10/h2-7,14H,1H3,(H2,12,13,15). The van der Waals surface area contributed by atoms with E-state index in [0.717, 1.165) is 11.1 Å². The number of benzene rings is 1. The van der Waals surface area contributed by atoms with Crippen LogP contribution in [0.3, 0.4) is 0 Å². The molecule has 0 amide bonds. The molecule has 0 aliphatic heterocycles. The minimum Gasteiger partial charge on any atom is -0.389 e. The Bertz CT molecular complexity index is 511. The zero-order chi connectivity index (χ0) is 10.8. The van der Waals surface area contributed by atoms with Gasteiger partial charge in [-0.1, -0.05) is 24.3 Å². The summed E-state index contributed by atoms with van der Waals surface area (Å²) >= 11 is 0. The Balaban J connectivity index is 2.57. The third-order valence-electron chi connectivity index (χ3n) is 2.30. The van der Waals surface area contributed by atoms with E-state index in [1.165, 1.54) is 0 Å². The number of hydrogen-bond donors (Lipinski definition) is 3. The molecule has 1 unspecified atom stereocenters. The molecule has 0 saturated carbocycles. The molecule has 1 aromatic heterocycles. The van der Waals surface area contributed by atoms with Crippen molar-refractivity contribution in [2.75, 3.05) is 0 Å². The lowest BCUT2D eigenvalue weighted by Crippen LogP contribution is -2.01. The van der Waals surface area contributed by atoms with Crippen LogP contribution in [0.2, 0.25) is 0 Å². The van der Waals surface area contributed by atoms with Crippen LogP contribution >= 0.6 is 0 Å². The van der Waals surface area contributed by atoms with Gasteiger partial charge in [0, 0.05) is 11.8 Å². The quantitative estimate of drug-likeness (QED) is 0.692. The summed E-state index contributed by atoms with van der Waals surface area (Å²) in [7, 11) is 0. The lowest BCUT2D eigenvalue weighted by molar-refractivity contribution is 0.200. The van der Waals surface area contributed by atoms with Gasteiger partial charge in [-0.25, -0.2) is 4.79 Å². The lowest BCUT2D eigenvalue weighted by Gasteiger charge is -2.09. The minimum absolute atomic E-state index is 0.245. The maximum atomic E-state index is 11.0. The molecule has 4 heteroatoms. The van der Waals surface area contributed by atoms with Gasteiger partial charge in [0.15, 0.2) is 0 Å². The van der Waals surface area contributed by atoms with E-state index in [1.54, 1.807) is 13.1 Å². The summed E-state index contributed by atoms with van der Waals surface area (Å²) in [4.78, 5) is 16.2. The fraction of sp³-hybridized carbons (Fsp3) is 0.182. The molecule has 0 aliphatic carbocycles. The molecule has 0 saturated heterocycles. The van der Waals surface area contributed by atoms with E-state index >= 15 is 0 Å². The molecule has 0 aliphatic rings. The summed E-state index contributed by atoms with van der Waals surface area (Å²) in [6.45, 7) is 1.70. The second-order valence-corrected chi connectivity index (χ2v) is 3.42. The van der Waals surface area contributed by atoms with Gasteiger partial charge in [-0.15, -0.1) is 0 Å². The van der Waals surface area contributed by atoms with Crippen LogP contribution in [0.5, 0.6) is 0 Å². The Hall–Kier alpha value is -1.81. The summed E-state index contributed by atoms with van der Waals surface area (Å²) in [5.74, 6) is 0. The second-order valence-electron chi connectivity index (χ2n) is 3.42. The summed E-state index contributed by atoms with van der Waals surface area (Å²) in [6, 6.07) is 7.43. The van der Waals surface area contributed by atoms with E-state index in [0.29, 0.717) is 5.69 Å². The first-order valence-electron chi connectivity index (χ1n) is 4.73. The number of hydrogen-bond acceptors (Lipinski definition) is 2. The van der Waals surface area contributed by atoms with E-state index in [-0.39, 0.29) is 5.69 Å². The van der Waals surface area contributed by atoms with Gasteiger partial charge in [0.2, 0.25) is 0 Å². The summed E-state index contributed by atoms with van der Waals surface area (Å²) < 4.78 is 0. The highest BCUT2D eigenvalue weighted by Gasteiger charge is 2.09. The molecular formula is C11H12N2O2. The first-order chi connectivity index (χ1) is 7.18. The fourth-order valence-electron chi connectivity index (χ4n) is 1.58. The van der Waals surface area contributed by atoms with Crippen LogP contribution in [0.25, 0.3) is 11.3 Å². The minimum atomic E-state index is -0.556. The maximum Gasteiger partial charge on any atom is 0.323 e. The zero-order valence-electron chi connectivity index (χ0n) is 8.32. The Morgan fingerprint density at radius 3 is 2.67 bits per heavy atom. The number of nitrogens with one attached hydrogen (secondary N) is 2. The van der Waals surface area contributed by atoms with Crippen molar-refractivity contribution in [1.82, 2.24) is 9.97 Å². The predicted octanol–water partition coefficient (Wildman–Crippen LogP) is 1.42. The molecule has 3 N–H and O–H groups in total. The van der Waals surface area contributed by atoms with Crippen molar-refractivity contribution in [3.63, 3.8) is 0 Å². The van der Waals surface area contributed by atoms with E-state index in [9.17, 15) is 9.90 Å². The first kappa shape index (κ1) is 9.73. The van der Waals surface area contributed by atoms with Crippen molar-refractivity contribution < 1.29 is 5.11 Å². The number of aliphatic hydroxyl groups is 1. The normalized spacial score (nSPS) is 12.7. The Kier molecular flexibility index (Phi) is 2.43. The van der Waals surface area contributed by atoms with Gasteiger partial charge in [-0.3, -0.25) is 0 Å². The van der Waals surface area contributed by atoms with Gasteiger partial charge in [-0.2, -0.15) is 0 Å². The molecule has 1 heterocycles. The summed E-state index contributed by atoms with van der Waals surface area (Å²) in [5, 5.41) is 9.57. The van der Waals surface area contributed by atoms with E-state index in [4.69, 9.17) is 0 Å². The molecule has 78 valence electrons. The zero-order valence-corrected chi connectivity index (χ0v) is 8.32. The third-order valence-corrected chi connectivity index (χ3v) is 2.30. The van der Waals surface area contributed by atoms with Gasteiger partial charge in [0.1, 0.15) is 0 Å². The van der Waals surface area contributed by atoms with Gasteiger partial charge in [-0.05, 0) is 12.5 Å². The van der Waals surface area contributed by atoms with Crippen molar-refractivity contribution in [3.8, 4) is 11.3 Å². The number of aliphatic hydroxyl groups excluding tert-OH is 1. The molecule has 2 rings (SSSR count). The van der Waals surface area contributed by atoms with Crippen molar-refractivity contribution >= 4 is 0 Å². The summed E-state index contributed by atoms with van der Waals surface area (Å²) in [5.41, 5.74) is 2.08. The van der Waals surface area contributed by atoms with E-state index in [1.807, 2.05) is 24.3 Å². The highest BCUT2D eigenvalue weighted by molar-refractivity contribution is 5.63. The highest BCUT2D eigenvalue weighted by Crippen LogP contribution is 2.25. The monoisotopic (exact) mass is 204 g/mol. The molecule has 1 atom stereocenters. The molecular weight excluding hydrogens is 192 g/mol. The van der Waals surface area contributed by atoms with E-state index in [2.05, 4.69) is 9.97 Å². The lowest BCUT2D eigenvalue weighted by atomic mass is 10.0. The average molecular weight is 204 g/mol. The van der Waals surface area contributed by atoms with E-state index < -0.39 is 6.10 Å². The number of aromatic nitrogens is 2. The SMILES string of the molecule is CC(O)c1ccccc1-c1c[nH]c(=O)[nH]1. The van der Waals surface area contributed by atoms with Gasteiger partial charge in [0.25, 0.3) is 0 Å². The molecule has 1 aromatic carbocycles. The number of rotatable bonds is 2. The average Bonchev–Trinajstić information content (AvgIpc) is 2.65. The molecule has 4 nitrogen and oxygen atoms in total. The molecule has 2 aromatic rings. The van der Waals surface area contributed by atoms with Crippen LogP contribution in [0.4, 0.5) is 0 Å². The Morgan fingerprint density at radius 2 is 2.07 bits per heavy atom. The number of aromatic amines is 2. The topological polar surface area (TPSA) is 68.9 Å². The van der Waals surface area contributed by atoms with Gasteiger partial charge >= 0.3 is 5.69 Å². The molecule has 0 fully saturated rings. The molecule has 0 bridgehead atoms. The van der Waals surface area contributed by atoms with Crippen LogP contribution in [0.15, 0.2) is 35.3 Å². The van der Waals surface area contributed by atoms with Crippen molar-refractivity contribution in [2.45, 2.75) is 13.0 Å². The molecule has 15 heavy (non-hydrogen) atoms. The van der Waals surface area contributed by atoms with Gasteiger partial charge < -0.3 is 15.1 Å². The number of imidazole rings is 1. The first-order valence-corrected chi connectivity index (χ1v) is 4.73. The Morgan fingerprint density at radius 1 is 1.33 bits per heavy atom. The number of H-pyrrole nitrogens is 2. The van der Waals surface area contributed by atoms with Crippen LogP contribution in [0.1, 0.15) is 18.6 Å². The fourth-order valence-corrected chi connectivity index (χ4v) is 1.58. The van der Waals surface area contributed by atoms with Crippen molar-refractivity contribution in [2.24, 2.45) is 0 Å². The second kappa shape index (κ2) is 3.74. The van der Waals surface area contributed by atoms with Gasteiger partial charge in [0.05, 0.1) is 11.8 Å². The van der Waals surface area contributed by atoms with Crippen molar-refractivity contribution in [3.05, 3.63) is 46.5 Å². The molecule has 0 radical (unpaired) electrons. The molecule has 0 spiro atoms. The smallest absolute Gasteiger partial charge is 0.323 e. The highest BCUT2D eigenvalue weighted by atomic mass is 16.3. The van der Waals surface area contributed by atoms with Crippen LogP contribution in [-0.2, 0) is 0 Å². The van der Waals surface area contributed by atoms with Crippen LogP contribution in [0, 0.1) is 0 Å². The summed E-state index contributed by atoms with van der Waals surface area (Å²) in [6.07, 6.45) is 1.04. The van der Waals surface area contributed by atoms with Crippen LogP contribution < -0.4 is 5.69 Å².